The SMILES string of the molecule is CP[P+](=O)C(P(C)P=O)(P(C)P=O)P(C)P=O. The Labute approximate surface area is 112 Å². The maximum Gasteiger partial charge on any atom is 0.373 e. The average molecular weight is 385 g/mol. The summed E-state index contributed by atoms with van der Waals surface area (Å²) < 4.78 is 45.4. The van der Waals surface area contributed by atoms with E-state index in [0.717, 1.165) is 0 Å². The topological polar surface area (TPSA) is 68.3 Å². The quantitative estimate of drug-likeness (QED) is 0.442. The van der Waals surface area contributed by atoms with Crippen molar-refractivity contribution in [3.05, 3.63) is 0 Å². The van der Waals surface area contributed by atoms with Crippen LogP contribution in [0.1, 0.15) is 0 Å². The minimum absolute atomic E-state index is 0.0522. The van der Waals surface area contributed by atoms with Gasteiger partial charge in [0, 0.05) is 0 Å². The predicted molar refractivity (Wildman–Crippen MR) is 85.9 cm³/mol. The van der Waals surface area contributed by atoms with Gasteiger partial charge in [0.05, 0.1) is 22.8 Å². The van der Waals surface area contributed by atoms with Crippen molar-refractivity contribution in [1.29, 1.82) is 0 Å². The molecule has 0 aliphatic carbocycles. The van der Waals surface area contributed by atoms with Crippen LogP contribution in [0.2, 0.25) is 0 Å². The Morgan fingerprint density at radius 1 is 0.941 bits per heavy atom. The van der Waals surface area contributed by atoms with E-state index in [1.54, 1.807) is 20.0 Å². The molecule has 0 aromatic rings. The molecule has 0 spiro atoms. The Kier molecular flexibility index (Phi) is 10.3. The molecular weight excluding hydrogens is 372 g/mol. The van der Waals surface area contributed by atoms with Gasteiger partial charge in [-0.3, -0.25) is 13.7 Å². The Balaban J connectivity index is 5.85. The number of hydrogen-bond donors (Lipinski definition) is 0. The van der Waals surface area contributed by atoms with Gasteiger partial charge in [-0.15, -0.1) is 0 Å². The van der Waals surface area contributed by atoms with Crippen LogP contribution in [0.3, 0.4) is 0 Å². The highest BCUT2D eigenvalue weighted by Crippen LogP contribution is 2.95. The summed E-state index contributed by atoms with van der Waals surface area (Å²) in [5, 5.41) is 0. The lowest BCUT2D eigenvalue weighted by atomic mass is 11.8. The van der Waals surface area contributed by atoms with Crippen molar-refractivity contribution in [3.63, 3.8) is 0 Å². The molecule has 0 radical (unpaired) electrons. The Bertz CT molecular complexity index is 285. The lowest BCUT2D eigenvalue weighted by Gasteiger charge is -2.30. The smallest absolute Gasteiger partial charge is 0.270 e. The fourth-order valence-electron chi connectivity index (χ4n) is 1.34. The van der Waals surface area contributed by atoms with Gasteiger partial charge in [0.2, 0.25) is 4.38 Å². The fourth-order valence-corrected chi connectivity index (χ4v) is 35.4. The average Bonchev–Trinajstić information content (AvgIpc) is 2.37. The molecule has 0 aromatic carbocycles. The molecule has 5 atom stereocenters. The predicted octanol–water partition coefficient (Wildman–Crippen LogP) is 6.60. The second-order valence-corrected chi connectivity index (χ2v) is 21.8. The molecule has 4 nitrogen and oxygen atoms in total. The van der Waals surface area contributed by atoms with Crippen molar-refractivity contribution >= 4 is 63.0 Å². The van der Waals surface area contributed by atoms with E-state index in [0.29, 0.717) is 0 Å². The Hall–Kier alpha value is 2.12. The summed E-state index contributed by atoms with van der Waals surface area (Å²) in [6.07, 6.45) is 0. The van der Waals surface area contributed by atoms with E-state index in [-0.39, 0.29) is 32.7 Å². The van der Waals surface area contributed by atoms with Gasteiger partial charge in [-0.1, -0.05) is 4.57 Å². The summed E-state index contributed by atoms with van der Waals surface area (Å²) in [4.78, 5) is 0. The van der Waals surface area contributed by atoms with Crippen molar-refractivity contribution in [2.24, 2.45) is 0 Å². The summed E-state index contributed by atoms with van der Waals surface area (Å²) in [5.74, 6) is 0. The lowest BCUT2D eigenvalue weighted by Crippen LogP contribution is -2.10. The number of rotatable bonds is 8. The second kappa shape index (κ2) is 9.13. The zero-order chi connectivity index (χ0) is 13.6. The van der Waals surface area contributed by atoms with Gasteiger partial charge < -0.3 is 0 Å². The van der Waals surface area contributed by atoms with Gasteiger partial charge in [-0.05, 0) is 26.7 Å². The summed E-state index contributed by atoms with van der Waals surface area (Å²) in [7, 11) is -4.81. The molecule has 0 aliphatic rings. The van der Waals surface area contributed by atoms with Crippen molar-refractivity contribution in [2.45, 2.75) is 4.38 Å². The molecule has 0 heterocycles. The highest BCUT2D eigenvalue weighted by molar-refractivity contribution is 8.47. The van der Waals surface area contributed by atoms with Crippen LogP contribution in [0.15, 0.2) is 0 Å². The van der Waals surface area contributed by atoms with E-state index in [2.05, 4.69) is 0 Å². The van der Waals surface area contributed by atoms with Crippen molar-refractivity contribution < 1.29 is 18.3 Å². The van der Waals surface area contributed by atoms with E-state index in [1.807, 2.05) is 6.66 Å². The third-order valence-corrected chi connectivity index (χ3v) is 29.3. The van der Waals surface area contributed by atoms with Gasteiger partial charge >= 0.3 is 7.49 Å². The molecule has 0 saturated carbocycles. The van der Waals surface area contributed by atoms with Gasteiger partial charge in [0.15, 0.2) is 24.4 Å². The normalized spacial score (nSPS) is 22.7. The molecule has 96 valence electrons. The lowest BCUT2D eigenvalue weighted by molar-refractivity contribution is 0.595. The molecular formula is C5H13O4P8+. The van der Waals surface area contributed by atoms with Gasteiger partial charge in [0.1, 0.15) is 8.27 Å². The van der Waals surface area contributed by atoms with Crippen LogP contribution in [0.5, 0.6) is 0 Å². The van der Waals surface area contributed by atoms with Crippen LogP contribution in [0.4, 0.5) is 0 Å². The van der Waals surface area contributed by atoms with Crippen LogP contribution >= 0.6 is 63.0 Å². The van der Waals surface area contributed by atoms with Crippen molar-refractivity contribution in [1.82, 2.24) is 0 Å². The van der Waals surface area contributed by atoms with Crippen LogP contribution in [-0.4, -0.2) is 31.0 Å². The van der Waals surface area contributed by atoms with E-state index in [1.165, 1.54) is 0 Å². The minimum Gasteiger partial charge on any atom is -0.270 e. The summed E-state index contributed by atoms with van der Waals surface area (Å²) in [6.45, 7) is 7.22. The van der Waals surface area contributed by atoms with Gasteiger partial charge in [0.25, 0.3) is 0 Å². The van der Waals surface area contributed by atoms with Crippen LogP contribution in [0.25, 0.3) is 0 Å². The molecule has 12 heteroatoms. The summed E-state index contributed by atoms with van der Waals surface area (Å²) in [6, 6.07) is 0. The molecule has 0 amide bonds. The van der Waals surface area contributed by atoms with Crippen molar-refractivity contribution in [3.8, 4) is 0 Å². The molecule has 0 aliphatic heterocycles. The maximum absolute atomic E-state index is 12.4. The monoisotopic (exact) mass is 385 g/mol. The first-order valence-electron chi connectivity index (χ1n) is 4.29. The minimum atomic E-state index is -1.62. The molecule has 0 aromatic heterocycles. The van der Waals surface area contributed by atoms with Crippen LogP contribution < -0.4 is 0 Å². The molecule has 0 rings (SSSR count). The van der Waals surface area contributed by atoms with E-state index in [4.69, 9.17) is 0 Å². The van der Waals surface area contributed by atoms with E-state index in [9.17, 15) is 18.3 Å². The molecule has 0 bridgehead atoms. The molecule has 5 unspecified atom stereocenters. The first kappa shape index (κ1) is 19.1. The molecule has 0 saturated heterocycles. The first-order valence-corrected chi connectivity index (χ1v) is 17.8. The largest absolute Gasteiger partial charge is 0.373 e. The third-order valence-electron chi connectivity index (χ3n) is 2.15. The van der Waals surface area contributed by atoms with E-state index < -0.39 is 34.7 Å². The van der Waals surface area contributed by atoms with Crippen LogP contribution in [-0.2, 0) is 18.3 Å². The maximum atomic E-state index is 12.4. The summed E-state index contributed by atoms with van der Waals surface area (Å²) >= 11 is 0. The Morgan fingerprint density at radius 2 is 1.24 bits per heavy atom. The highest BCUT2D eigenvalue weighted by Gasteiger charge is 2.62. The number of hydrogen-bond acceptors (Lipinski definition) is 4. The molecule has 17 heavy (non-hydrogen) atoms. The van der Waals surface area contributed by atoms with Gasteiger partial charge in [-0.25, -0.2) is 0 Å². The molecule has 0 fully saturated rings. The standard InChI is InChI=1S/C5H13O4P8/c1-10-17(9)5(14(2)11-6,15(3)12-7)16(4)13-8/h10H,1-4H3/q+1. The van der Waals surface area contributed by atoms with Gasteiger partial charge in [-0.2, -0.15) is 0 Å². The Morgan fingerprint density at radius 3 is 1.41 bits per heavy atom. The molecule has 0 N–H and O–H groups in total. The highest BCUT2D eigenvalue weighted by atomic mass is 32.1. The zero-order valence-corrected chi connectivity index (χ0v) is 17.0. The third kappa shape index (κ3) is 4.04. The van der Waals surface area contributed by atoms with Crippen molar-refractivity contribution in [2.75, 3.05) is 26.7 Å². The first-order chi connectivity index (χ1) is 7.93. The fraction of sp³-hybridized carbons (Fsp3) is 1.00. The zero-order valence-electron chi connectivity index (χ0n) is 9.76. The van der Waals surface area contributed by atoms with Crippen LogP contribution in [0, 0.1) is 0 Å². The van der Waals surface area contributed by atoms with E-state index >= 15 is 0 Å². The second-order valence-electron chi connectivity index (χ2n) is 2.93. The summed E-state index contributed by atoms with van der Waals surface area (Å²) in [5.41, 5.74) is 0.